The highest BCUT2D eigenvalue weighted by molar-refractivity contribution is 7.90. The molecule has 0 bridgehead atoms. The summed E-state index contributed by atoms with van der Waals surface area (Å²) in [5.41, 5.74) is 3.20. The van der Waals surface area contributed by atoms with Crippen molar-refractivity contribution in [2.75, 3.05) is 0 Å². The Balaban J connectivity index is 1.61. The van der Waals surface area contributed by atoms with E-state index in [0.717, 1.165) is 22.2 Å². The van der Waals surface area contributed by atoms with Gasteiger partial charge in [-0.15, -0.1) is 0 Å². The standard InChI is InChI=1S/C19H13Cl2N3O2S/c20-15-5-6-16(21)19(7-15)27(25,26)11-12-1-3-13(4-2-12)17-8-18-14(9-22-17)10-23-24-18/h1-10H,11H2,(H,23,24). The lowest BCUT2D eigenvalue weighted by Gasteiger charge is -2.08. The van der Waals surface area contributed by atoms with E-state index in [1.165, 1.54) is 12.1 Å². The Morgan fingerprint density at radius 3 is 2.52 bits per heavy atom. The summed E-state index contributed by atoms with van der Waals surface area (Å²) in [7, 11) is -3.61. The van der Waals surface area contributed by atoms with Crippen LogP contribution in [0, 0.1) is 0 Å². The summed E-state index contributed by atoms with van der Waals surface area (Å²) in [6, 6.07) is 13.5. The van der Waals surface area contributed by atoms with Crippen LogP contribution in [0.25, 0.3) is 22.2 Å². The van der Waals surface area contributed by atoms with Gasteiger partial charge in [-0.3, -0.25) is 10.1 Å². The van der Waals surface area contributed by atoms with Crippen LogP contribution in [0.2, 0.25) is 10.0 Å². The van der Waals surface area contributed by atoms with Gasteiger partial charge in [0, 0.05) is 22.2 Å². The Kier molecular flexibility index (Phi) is 4.63. The molecule has 2 heterocycles. The van der Waals surface area contributed by atoms with Gasteiger partial charge in [-0.2, -0.15) is 5.10 Å². The molecule has 4 rings (SSSR count). The number of pyridine rings is 1. The summed E-state index contributed by atoms with van der Waals surface area (Å²) in [6.45, 7) is 0. The van der Waals surface area contributed by atoms with Crippen LogP contribution in [0.5, 0.6) is 0 Å². The molecule has 0 saturated heterocycles. The number of halogens is 2. The second-order valence-electron chi connectivity index (χ2n) is 6.06. The molecule has 0 amide bonds. The Hall–Kier alpha value is -2.41. The minimum absolute atomic E-state index is 0.0344. The quantitative estimate of drug-likeness (QED) is 0.511. The van der Waals surface area contributed by atoms with Crippen LogP contribution in [-0.4, -0.2) is 23.6 Å². The summed E-state index contributed by atoms with van der Waals surface area (Å²) >= 11 is 11.9. The molecule has 2 aromatic heterocycles. The molecular weight excluding hydrogens is 405 g/mol. The lowest BCUT2D eigenvalue weighted by molar-refractivity contribution is 0.595. The number of aromatic amines is 1. The van der Waals surface area contributed by atoms with Crippen LogP contribution < -0.4 is 0 Å². The first-order chi connectivity index (χ1) is 12.9. The average Bonchev–Trinajstić information content (AvgIpc) is 3.11. The summed E-state index contributed by atoms with van der Waals surface area (Å²) in [5, 5.41) is 8.31. The van der Waals surface area contributed by atoms with Gasteiger partial charge in [0.05, 0.1) is 33.1 Å². The van der Waals surface area contributed by atoms with Crippen LogP contribution in [0.1, 0.15) is 5.56 Å². The van der Waals surface area contributed by atoms with Crippen molar-refractivity contribution >= 4 is 43.9 Å². The molecule has 0 saturated carbocycles. The number of hydrogen-bond donors (Lipinski definition) is 1. The highest BCUT2D eigenvalue weighted by Gasteiger charge is 2.19. The Bertz CT molecular complexity index is 1240. The number of hydrogen-bond acceptors (Lipinski definition) is 4. The molecular formula is C19H13Cl2N3O2S. The van der Waals surface area contributed by atoms with E-state index >= 15 is 0 Å². The molecule has 0 radical (unpaired) electrons. The van der Waals surface area contributed by atoms with E-state index in [4.69, 9.17) is 23.2 Å². The van der Waals surface area contributed by atoms with E-state index in [-0.39, 0.29) is 15.7 Å². The van der Waals surface area contributed by atoms with Gasteiger partial charge in [0.1, 0.15) is 0 Å². The number of fused-ring (bicyclic) bond motifs is 1. The number of rotatable bonds is 4. The molecule has 5 nitrogen and oxygen atoms in total. The molecule has 0 aliphatic rings. The van der Waals surface area contributed by atoms with Crippen molar-refractivity contribution < 1.29 is 8.42 Å². The third kappa shape index (κ3) is 3.69. The van der Waals surface area contributed by atoms with Crippen molar-refractivity contribution in [1.82, 2.24) is 15.2 Å². The van der Waals surface area contributed by atoms with Gasteiger partial charge < -0.3 is 0 Å². The second-order valence-corrected chi connectivity index (χ2v) is 8.86. The highest BCUT2D eigenvalue weighted by atomic mass is 35.5. The monoisotopic (exact) mass is 417 g/mol. The minimum Gasteiger partial charge on any atom is -0.278 e. The lowest BCUT2D eigenvalue weighted by atomic mass is 10.1. The predicted octanol–water partition coefficient (Wildman–Crippen LogP) is 4.91. The van der Waals surface area contributed by atoms with Gasteiger partial charge in [-0.1, -0.05) is 47.5 Å². The van der Waals surface area contributed by atoms with Crippen molar-refractivity contribution in [3.05, 3.63) is 76.5 Å². The normalized spacial score (nSPS) is 11.8. The molecule has 0 atom stereocenters. The van der Waals surface area contributed by atoms with Crippen molar-refractivity contribution in [1.29, 1.82) is 0 Å². The minimum atomic E-state index is -3.61. The maximum Gasteiger partial charge on any atom is 0.184 e. The highest BCUT2D eigenvalue weighted by Crippen LogP contribution is 2.28. The topological polar surface area (TPSA) is 75.7 Å². The fraction of sp³-hybridized carbons (Fsp3) is 0.0526. The molecule has 8 heteroatoms. The molecule has 0 spiro atoms. The SMILES string of the molecule is O=S(=O)(Cc1ccc(-c2cc3[nH]ncc3cn2)cc1)c1cc(Cl)ccc1Cl. The molecule has 0 aliphatic carbocycles. The summed E-state index contributed by atoms with van der Waals surface area (Å²) in [4.78, 5) is 4.45. The number of benzene rings is 2. The lowest BCUT2D eigenvalue weighted by Crippen LogP contribution is -2.05. The first-order valence-electron chi connectivity index (χ1n) is 7.99. The van der Waals surface area contributed by atoms with Gasteiger partial charge >= 0.3 is 0 Å². The largest absolute Gasteiger partial charge is 0.278 e. The van der Waals surface area contributed by atoms with Crippen molar-refractivity contribution in [2.45, 2.75) is 10.6 Å². The van der Waals surface area contributed by atoms with E-state index in [0.29, 0.717) is 10.6 Å². The van der Waals surface area contributed by atoms with Crippen LogP contribution >= 0.6 is 23.2 Å². The number of sulfone groups is 1. The van der Waals surface area contributed by atoms with E-state index in [1.54, 1.807) is 30.6 Å². The first-order valence-corrected chi connectivity index (χ1v) is 10.4. The smallest absolute Gasteiger partial charge is 0.184 e. The van der Waals surface area contributed by atoms with Gasteiger partial charge in [-0.05, 0) is 29.8 Å². The number of nitrogens with one attached hydrogen (secondary N) is 1. The van der Waals surface area contributed by atoms with Crippen LogP contribution in [-0.2, 0) is 15.6 Å². The number of aromatic nitrogens is 3. The molecule has 27 heavy (non-hydrogen) atoms. The van der Waals surface area contributed by atoms with E-state index < -0.39 is 9.84 Å². The number of H-pyrrole nitrogens is 1. The molecule has 2 aromatic carbocycles. The van der Waals surface area contributed by atoms with E-state index in [9.17, 15) is 8.42 Å². The van der Waals surface area contributed by atoms with Crippen LogP contribution in [0.4, 0.5) is 0 Å². The zero-order chi connectivity index (χ0) is 19.0. The van der Waals surface area contributed by atoms with Gasteiger partial charge in [0.2, 0.25) is 0 Å². The van der Waals surface area contributed by atoms with Crippen molar-refractivity contribution in [2.24, 2.45) is 0 Å². The molecule has 4 aromatic rings. The van der Waals surface area contributed by atoms with Crippen molar-refractivity contribution in [3.8, 4) is 11.3 Å². The zero-order valence-corrected chi connectivity index (χ0v) is 16.2. The van der Waals surface area contributed by atoms with Crippen LogP contribution in [0.3, 0.4) is 0 Å². The Labute approximate surface area is 165 Å². The maximum atomic E-state index is 12.7. The zero-order valence-electron chi connectivity index (χ0n) is 13.9. The number of nitrogens with zero attached hydrogens (tertiary/aromatic N) is 2. The Morgan fingerprint density at radius 2 is 1.74 bits per heavy atom. The average molecular weight is 418 g/mol. The first kappa shape index (κ1) is 18.0. The molecule has 136 valence electrons. The molecule has 0 aliphatic heterocycles. The molecule has 0 fully saturated rings. The molecule has 1 N–H and O–H groups in total. The Morgan fingerprint density at radius 1 is 0.963 bits per heavy atom. The maximum absolute atomic E-state index is 12.7. The second kappa shape index (κ2) is 6.96. The summed E-state index contributed by atoms with van der Waals surface area (Å²) in [6.07, 6.45) is 3.45. The summed E-state index contributed by atoms with van der Waals surface area (Å²) < 4.78 is 25.4. The third-order valence-electron chi connectivity index (χ3n) is 4.16. The fourth-order valence-electron chi connectivity index (χ4n) is 2.78. The van der Waals surface area contributed by atoms with Crippen molar-refractivity contribution in [3.63, 3.8) is 0 Å². The van der Waals surface area contributed by atoms with Gasteiger partial charge in [-0.25, -0.2) is 8.42 Å². The van der Waals surface area contributed by atoms with Crippen LogP contribution in [0.15, 0.2) is 65.8 Å². The van der Waals surface area contributed by atoms with Gasteiger partial charge in [0.15, 0.2) is 9.84 Å². The fourth-order valence-corrected chi connectivity index (χ4v) is 4.94. The third-order valence-corrected chi connectivity index (χ3v) is 6.56. The van der Waals surface area contributed by atoms with Gasteiger partial charge in [0.25, 0.3) is 0 Å². The van der Waals surface area contributed by atoms with E-state index in [2.05, 4.69) is 15.2 Å². The molecule has 0 unspecified atom stereocenters. The predicted molar refractivity (Wildman–Crippen MR) is 107 cm³/mol. The summed E-state index contributed by atoms with van der Waals surface area (Å²) in [5.74, 6) is -0.166. The van der Waals surface area contributed by atoms with E-state index in [1.807, 2.05) is 18.2 Å².